The third-order valence-electron chi connectivity index (χ3n) is 3.46. The normalized spacial score (nSPS) is 13.3. The van der Waals surface area contributed by atoms with Crippen molar-refractivity contribution in [3.63, 3.8) is 0 Å². The summed E-state index contributed by atoms with van der Waals surface area (Å²) in [6.07, 6.45) is -0.613. The van der Waals surface area contributed by atoms with Crippen LogP contribution >= 0.6 is 0 Å². The van der Waals surface area contributed by atoms with Gasteiger partial charge in [-0.1, -0.05) is 18.2 Å². The van der Waals surface area contributed by atoms with E-state index in [1.807, 2.05) is 30.3 Å². The molecule has 1 atom stereocenters. The zero-order chi connectivity index (χ0) is 16.9. The molecule has 0 spiro atoms. The van der Waals surface area contributed by atoms with Gasteiger partial charge in [-0.2, -0.15) is 0 Å². The first-order chi connectivity index (χ1) is 10.8. The number of benzene rings is 1. The average Bonchev–Trinajstić information content (AvgIpc) is 2.90. The van der Waals surface area contributed by atoms with Gasteiger partial charge >= 0.3 is 0 Å². The number of aromatic nitrogens is 2. The fourth-order valence-corrected chi connectivity index (χ4v) is 2.16. The summed E-state index contributed by atoms with van der Waals surface area (Å²) in [4.78, 5) is 2.10. The Morgan fingerprint density at radius 1 is 1.22 bits per heavy atom. The second kappa shape index (κ2) is 7.57. The van der Waals surface area contributed by atoms with Crippen molar-refractivity contribution in [2.24, 2.45) is 0 Å². The minimum absolute atomic E-state index is 0.143. The lowest BCUT2D eigenvalue weighted by Crippen LogP contribution is -2.46. The highest BCUT2D eigenvalue weighted by atomic mass is 16.5. The summed E-state index contributed by atoms with van der Waals surface area (Å²) in [7, 11) is 0. The monoisotopic (exact) mass is 319 g/mol. The molecule has 0 saturated heterocycles. The van der Waals surface area contributed by atoms with Gasteiger partial charge in [-0.25, -0.2) is 0 Å². The molecule has 1 heterocycles. The highest BCUT2D eigenvalue weighted by Gasteiger charge is 2.26. The van der Waals surface area contributed by atoms with Crippen LogP contribution in [0.4, 0.5) is 0 Å². The fraction of sp³-hybridized carbons (Fsp3) is 0.529. The average molecular weight is 319 g/mol. The van der Waals surface area contributed by atoms with Crippen LogP contribution in [0.2, 0.25) is 0 Å². The van der Waals surface area contributed by atoms with Crippen LogP contribution in [-0.2, 0) is 6.54 Å². The number of aryl methyl sites for hydroxylation is 1. The molecule has 2 rings (SSSR count). The van der Waals surface area contributed by atoms with E-state index in [2.05, 4.69) is 35.9 Å². The number of aliphatic hydroxyl groups is 1. The van der Waals surface area contributed by atoms with Crippen molar-refractivity contribution in [3.05, 3.63) is 42.1 Å². The number of ether oxygens (including phenoxy) is 1. The third kappa shape index (κ3) is 5.65. The van der Waals surface area contributed by atoms with Gasteiger partial charge in [-0.3, -0.25) is 4.90 Å². The van der Waals surface area contributed by atoms with Gasteiger partial charge in [-0.05, 0) is 32.9 Å². The standard InChI is InChI=1S/C17H25N3O3/c1-13-18-19-16(23-13)11-20(17(2,3)4)10-14(21)12-22-15-8-6-5-7-9-15/h5-9,14,21H,10-12H2,1-4H3. The van der Waals surface area contributed by atoms with Crippen LogP contribution in [0.3, 0.4) is 0 Å². The molecular formula is C17H25N3O3. The van der Waals surface area contributed by atoms with Gasteiger partial charge < -0.3 is 14.3 Å². The van der Waals surface area contributed by atoms with E-state index in [0.29, 0.717) is 24.9 Å². The Bertz CT molecular complexity index is 593. The van der Waals surface area contributed by atoms with Crippen LogP contribution < -0.4 is 4.74 Å². The molecule has 1 N–H and O–H groups in total. The summed E-state index contributed by atoms with van der Waals surface area (Å²) >= 11 is 0. The van der Waals surface area contributed by atoms with Crippen molar-refractivity contribution in [1.29, 1.82) is 0 Å². The molecule has 0 saturated carbocycles. The Kier molecular flexibility index (Phi) is 5.74. The van der Waals surface area contributed by atoms with E-state index in [9.17, 15) is 5.11 Å². The Balaban J connectivity index is 1.91. The molecule has 0 aliphatic rings. The molecule has 0 aliphatic heterocycles. The molecule has 2 aromatic rings. The number of β-amino-alcohol motifs (C(OH)–C–C–N with tert-alkyl or cyclic N) is 1. The van der Waals surface area contributed by atoms with E-state index in [4.69, 9.17) is 9.15 Å². The third-order valence-corrected chi connectivity index (χ3v) is 3.46. The largest absolute Gasteiger partial charge is 0.491 e. The first kappa shape index (κ1) is 17.4. The van der Waals surface area contributed by atoms with Crippen LogP contribution in [0.25, 0.3) is 0 Å². The van der Waals surface area contributed by atoms with Crippen molar-refractivity contribution in [3.8, 4) is 5.75 Å². The maximum Gasteiger partial charge on any atom is 0.230 e. The lowest BCUT2D eigenvalue weighted by molar-refractivity contribution is 0.0240. The zero-order valence-corrected chi connectivity index (χ0v) is 14.2. The number of para-hydroxylation sites is 1. The number of nitrogens with zero attached hydrogens (tertiary/aromatic N) is 3. The van der Waals surface area contributed by atoms with E-state index >= 15 is 0 Å². The Morgan fingerprint density at radius 3 is 2.48 bits per heavy atom. The number of rotatable bonds is 7. The van der Waals surface area contributed by atoms with Gasteiger partial charge in [0.05, 0.1) is 6.54 Å². The summed E-state index contributed by atoms with van der Waals surface area (Å²) in [5, 5.41) is 18.2. The molecule has 6 nitrogen and oxygen atoms in total. The van der Waals surface area contributed by atoms with Crippen LogP contribution in [0, 0.1) is 6.92 Å². The number of aliphatic hydroxyl groups excluding tert-OH is 1. The Hall–Kier alpha value is -1.92. The molecule has 0 amide bonds. The number of hydrogen-bond acceptors (Lipinski definition) is 6. The lowest BCUT2D eigenvalue weighted by Gasteiger charge is -2.35. The molecule has 126 valence electrons. The quantitative estimate of drug-likeness (QED) is 0.845. The van der Waals surface area contributed by atoms with Crippen LogP contribution in [0.1, 0.15) is 32.6 Å². The van der Waals surface area contributed by atoms with Crippen molar-refractivity contribution in [2.45, 2.75) is 45.9 Å². The smallest absolute Gasteiger partial charge is 0.230 e. The molecule has 0 radical (unpaired) electrons. The SMILES string of the molecule is Cc1nnc(CN(CC(O)COc2ccccc2)C(C)(C)C)o1. The highest BCUT2D eigenvalue weighted by Crippen LogP contribution is 2.18. The van der Waals surface area contributed by atoms with Gasteiger partial charge in [0.25, 0.3) is 0 Å². The maximum absolute atomic E-state index is 10.3. The van der Waals surface area contributed by atoms with Gasteiger partial charge in [0.1, 0.15) is 18.5 Å². The molecule has 6 heteroatoms. The molecule has 23 heavy (non-hydrogen) atoms. The summed E-state index contributed by atoms with van der Waals surface area (Å²) in [6, 6.07) is 9.48. The van der Waals surface area contributed by atoms with Gasteiger partial charge in [0.2, 0.25) is 11.8 Å². The minimum atomic E-state index is -0.613. The summed E-state index contributed by atoms with van der Waals surface area (Å²) in [5.74, 6) is 1.84. The van der Waals surface area contributed by atoms with Crippen LogP contribution in [0.5, 0.6) is 5.75 Å². The topological polar surface area (TPSA) is 71.6 Å². The van der Waals surface area contributed by atoms with Crippen LogP contribution in [0.15, 0.2) is 34.7 Å². The summed E-state index contributed by atoms with van der Waals surface area (Å²) in [5.41, 5.74) is -0.143. The predicted molar refractivity (Wildman–Crippen MR) is 87.1 cm³/mol. The summed E-state index contributed by atoms with van der Waals surface area (Å²) < 4.78 is 11.1. The number of hydrogen-bond donors (Lipinski definition) is 1. The molecule has 1 unspecified atom stereocenters. The van der Waals surface area contributed by atoms with Crippen molar-refractivity contribution in [2.75, 3.05) is 13.2 Å². The molecule has 1 aromatic heterocycles. The second-order valence-corrected chi connectivity index (χ2v) is 6.54. The maximum atomic E-state index is 10.3. The molecule has 0 aliphatic carbocycles. The molecule has 1 aromatic carbocycles. The first-order valence-corrected chi connectivity index (χ1v) is 7.74. The zero-order valence-electron chi connectivity index (χ0n) is 14.2. The Morgan fingerprint density at radius 2 is 1.91 bits per heavy atom. The molecule has 0 bridgehead atoms. The molecule has 0 fully saturated rings. The van der Waals surface area contributed by atoms with E-state index in [0.717, 1.165) is 5.75 Å². The van der Waals surface area contributed by atoms with E-state index in [-0.39, 0.29) is 12.1 Å². The minimum Gasteiger partial charge on any atom is -0.491 e. The summed E-state index contributed by atoms with van der Waals surface area (Å²) in [6.45, 7) is 9.20. The van der Waals surface area contributed by atoms with Gasteiger partial charge in [0.15, 0.2) is 0 Å². The van der Waals surface area contributed by atoms with E-state index in [1.165, 1.54) is 0 Å². The van der Waals surface area contributed by atoms with E-state index in [1.54, 1.807) is 6.92 Å². The molecular weight excluding hydrogens is 294 g/mol. The van der Waals surface area contributed by atoms with Crippen molar-refractivity contribution < 1.29 is 14.3 Å². The van der Waals surface area contributed by atoms with Crippen molar-refractivity contribution in [1.82, 2.24) is 15.1 Å². The first-order valence-electron chi connectivity index (χ1n) is 7.74. The highest BCUT2D eigenvalue weighted by molar-refractivity contribution is 5.20. The van der Waals surface area contributed by atoms with Crippen molar-refractivity contribution >= 4 is 0 Å². The van der Waals surface area contributed by atoms with Gasteiger partial charge in [0, 0.05) is 19.0 Å². The fourth-order valence-electron chi connectivity index (χ4n) is 2.16. The van der Waals surface area contributed by atoms with E-state index < -0.39 is 6.10 Å². The predicted octanol–water partition coefficient (Wildman–Crippen LogP) is 2.42. The van der Waals surface area contributed by atoms with Gasteiger partial charge in [-0.15, -0.1) is 10.2 Å². The van der Waals surface area contributed by atoms with Crippen LogP contribution in [-0.4, -0.2) is 45.0 Å². The Labute approximate surface area is 137 Å². The second-order valence-electron chi connectivity index (χ2n) is 6.54. The lowest BCUT2D eigenvalue weighted by atomic mass is 10.1.